The zero-order valence-electron chi connectivity index (χ0n) is 14.1. The summed E-state index contributed by atoms with van der Waals surface area (Å²) in [6, 6.07) is 8.13. The van der Waals surface area contributed by atoms with Crippen molar-refractivity contribution in [1.29, 1.82) is 0 Å². The van der Waals surface area contributed by atoms with Gasteiger partial charge in [0, 0.05) is 43.7 Å². The van der Waals surface area contributed by atoms with Crippen LogP contribution in [0.25, 0.3) is 0 Å². The average Bonchev–Trinajstić information content (AvgIpc) is 3.04. The molecule has 132 valence electrons. The number of likely N-dealkylation sites (tertiary alicyclic amines) is 1. The molecule has 0 aromatic heterocycles. The van der Waals surface area contributed by atoms with E-state index in [2.05, 4.69) is 6.07 Å². The summed E-state index contributed by atoms with van der Waals surface area (Å²) >= 11 is 0. The van der Waals surface area contributed by atoms with Gasteiger partial charge in [-0.2, -0.15) is 0 Å². The number of benzene rings is 1. The van der Waals surface area contributed by atoms with Crippen LogP contribution in [0.15, 0.2) is 24.3 Å². The van der Waals surface area contributed by atoms with Gasteiger partial charge in [-0.25, -0.2) is 0 Å². The first-order valence-corrected chi connectivity index (χ1v) is 8.50. The van der Waals surface area contributed by atoms with E-state index in [4.69, 9.17) is 5.73 Å². The molecule has 3 rings (SSSR count). The van der Waals surface area contributed by atoms with Crippen molar-refractivity contribution in [2.24, 2.45) is 17.6 Å². The first kappa shape index (κ1) is 18.7. The van der Waals surface area contributed by atoms with Crippen molar-refractivity contribution in [3.63, 3.8) is 0 Å². The molecule has 2 heterocycles. The lowest BCUT2D eigenvalue weighted by molar-refractivity contribution is -0.137. The molecule has 1 aromatic rings. The van der Waals surface area contributed by atoms with Crippen LogP contribution in [-0.4, -0.2) is 42.9 Å². The fourth-order valence-electron chi connectivity index (χ4n) is 3.55. The number of nitrogens with zero attached hydrogens (tertiary/aromatic N) is 2. The number of halogens is 1. The smallest absolute Gasteiger partial charge is 0.230 e. The Kier molecular flexibility index (Phi) is 6.24. The van der Waals surface area contributed by atoms with Crippen molar-refractivity contribution >= 4 is 29.9 Å². The summed E-state index contributed by atoms with van der Waals surface area (Å²) in [6.07, 6.45) is 2.44. The number of hydrogen-bond acceptors (Lipinski definition) is 3. The Bertz CT molecular complexity index is 600. The maximum Gasteiger partial charge on any atom is 0.230 e. The minimum Gasteiger partial charge on any atom is -0.342 e. The number of nitrogens with two attached hydrogens (primary N) is 1. The van der Waals surface area contributed by atoms with Gasteiger partial charge in [0.25, 0.3) is 0 Å². The van der Waals surface area contributed by atoms with Gasteiger partial charge in [0.15, 0.2) is 0 Å². The summed E-state index contributed by atoms with van der Waals surface area (Å²) in [5, 5.41) is 0. The Labute approximate surface area is 149 Å². The van der Waals surface area contributed by atoms with Gasteiger partial charge in [0.05, 0.1) is 0 Å². The first-order chi connectivity index (χ1) is 11.1. The van der Waals surface area contributed by atoms with Gasteiger partial charge in [0.1, 0.15) is 0 Å². The standard InChI is InChI=1S/C18H25N3O2.ClH/c1-13(12-19)17(22)20-9-6-15(7-10-20)18(23)21-11-8-14-4-2-3-5-16(14)21;/h2-5,13,15H,6-12,19H2,1H3;1H. The number of piperidine rings is 1. The molecule has 0 spiro atoms. The molecular weight excluding hydrogens is 326 g/mol. The zero-order valence-corrected chi connectivity index (χ0v) is 14.9. The molecule has 5 nitrogen and oxygen atoms in total. The van der Waals surface area contributed by atoms with E-state index in [1.807, 2.05) is 34.9 Å². The Morgan fingerprint density at radius 1 is 1.21 bits per heavy atom. The van der Waals surface area contributed by atoms with E-state index in [0.717, 1.165) is 31.5 Å². The highest BCUT2D eigenvalue weighted by Crippen LogP contribution is 2.31. The van der Waals surface area contributed by atoms with Crippen molar-refractivity contribution in [2.75, 3.05) is 31.1 Å². The van der Waals surface area contributed by atoms with E-state index < -0.39 is 0 Å². The van der Waals surface area contributed by atoms with Crippen LogP contribution in [0.1, 0.15) is 25.3 Å². The highest BCUT2D eigenvalue weighted by molar-refractivity contribution is 5.97. The van der Waals surface area contributed by atoms with Crippen molar-refractivity contribution in [3.05, 3.63) is 29.8 Å². The van der Waals surface area contributed by atoms with Gasteiger partial charge in [-0.3, -0.25) is 9.59 Å². The molecule has 0 radical (unpaired) electrons. The third kappa shape index (κ3) is 3.57. The summed E-state index contributed by atoms with van der Waals surface area (Å²) in [5.74, 6) is 0.227. The third-order valence-electron chi connectivity index (χ3n) is 5.08. The average molecular weight is 352 g/mol. The quantitative estimate of drug-likeness (QED) is 0.903. The Morgan fingerprint density at radius 3 is 2.54 bits per heavy atom. The second-order valence-electron chi connectivity index (χ2n) is 6.60. The van der Waals surface area contributed by atoms with Gasteiger partial charge < -0.3 is 15.5 Å². The van der Waals surface area contributed by atoms with Gasteiger partial charge in [-0.1, -0.05) is 25.1 Å². The monoisotopic (exact) mass is 351 g/mol. The number of rotatable bonds is 3. The second kappa shape index (κ2) is 7.99. The summed E-state index contributed by atoms with van der Waals surface area (Å²) in [6.45, 7) is 4.34. The van der Waals surface area contributed by atoms with Gasteiger partial charge in [-0.15, -0.1) is 12.4 Å². The minimum atomic E-state index is -0.132. The summed E-state index contributed by atoms with van der Waals surface area (Å²) < 4.78 is 0. The predicted octanol–water partition coefficient (Wildman–Crippen LogP) is 1.83. The first-order valence-electron chi connectivity index (χ1n) is 8.50. The number of carbonyl (C=O) groups excluding carboxylic acids is 2. The molecule has 2 amide bonds. The number of fused-ring (bicyclic) bond motifs is 1. The van der Waals surface area contributed by atoms with Crippen LogP contribution < -0.4 is 10.6 Å². The van der Waals surface area contributed by atoms with Crippen molar-refractivity contribution in [1.82, 2.24) is 4.90 Å². The molecule has 2 aliphatic rings. The van der Waals surface area contributed by atoms with Crippen LogP contribution >= 0.6 is 12.4 Å². The lowest BCUT2D eigenvalue weighted by Gasteiger charge is -2.34. The van der Waals surface area contributed by atoms with Crippen LogP contribution in [0.3, 0.4) is 0 Å². The molecular formula is C18H26ClN3O2. The molecule has 1 fully saturated rings. The molecule has 1 saturated heterocycles. The van der Waals surface area contributed by atoms with Gasteiger partial charge in [0.2, 0.25) is 11.8 Å². The Hall–Kier alpha value is -1.59. The molecule has 24 heavy (non-hydrogen) atoms. The van der Waals surface area contributed by atoms with Crippen LogP contribution in [0, 0.1) is 11.8 Å². The summed E-state index contributed by atoms with van der Waals surface area (Å²) in [5.41, 5.74) is 7.89. The number of amides is 2. The molecule has 2 aliphatic heterocycles. The largest absolute Gasteiger partial charge is 0.342 e. The van der Waals surface area contributed by atoms with Crippen LogP contribution in [-0.2, 0) is 16.0 Å². The van der Waals surface area contributed by atoms with E-state index in [1.165, 1.54) is 5.56 Å². The number of para-hydroxylation sites is 1. The molecule has 6 heteroatoms. The zero-order chi connectivity index (χ0) is 16.4. The lowest BCUT2D eigenvalue weighted by atomic mass is 9.94. The van der Waals surface area contributed by atoms with Crippen LogP contribution in [0.4, 0.5) is 5.69 Å². The lowest BCUT2D eigenvalue weighted by Crippen LogP contribution is -2.46. The second-order valence-corrected chi connectivity index (χ2v) is 6.60. The third-order valence-corrected chi connectivity index (χ3v) is 5.08. The molecule has 2 N–H and O–H groups in total. The molecule has 1 aromatic carbocycles. The minimum absolute atomic E-state index is 0. The van der Waals surface area contributed by atoms with Gasteiger partial charge >= 0.3 is 0 Å². The van der Waals surface area contributed by atoms with Crippen LogP contribution in [0.5, 0.6) is 0 Å². The Balaban J connectivity index is 0.00000208. The van der Waals surface area contributed by atoms with E-state index in [0.29, 0.717) is 19.6 Å². The van der Waals surface area contributed by atoms with Gasteiger partial charge in [-0.05, 0) is 30.9 Å². The van der Waals surface area contributed by atoms with Crippen molar-refractivity contribution in [2.45, 2.75) is 26.2 Å². The SMILES string of the molecule is CC(CN)C(=O)N1CCC(C(=O)N2CCc3ccccc32)CC1.Cl. The maximum absolute atomic E-state index is 12.8. The Morgan fingerprint density at radius 2 is 1.88 bits per heavy atom. The van der Waals surface area contributed by atoms with Crippen molar-refractivity contribution < 1.29 is 9.59 Å². The van der Waals surface area contributed by atoms with E-state index >= 15 is 0 Å². The highest BCUT2D eigenvalue weighted by Gasteiger charge is 2.33. The maximum atomic E-state index is 12.8. The predicted molar refractivity (Wildman–Crippen MR) is 97.3 cm³/mol. The summed E-state index contributed by atoms with van der Waals surface area (Å²) in [7, 11) is 0. The highest BCUT2D eigenvalue weighted by atomic mass is 35.5. The molecule has 1 atom stereocenters. The fraction of sp³-hybridized carbons (Fsp3) is 0.556. The topological polar surface area (TPSA) is 66.6 Å². The fourth-order valence-corrected chi connectivity index (χ4v) is 3.55. The van der Waals surface area contributed by atoms with E-state index in [9.17, 15) is 9.59 Å². The number of hydrogen-bond donors (Lipinski definition) is 1. The number of anilines is 1. The summed E-state index contributed by atoms with van der Waals surface area (Å²) in [4.78, 5) is 28.8. The molecule has 0 aliphatic carbocycles. The van der Waals surface area contributed by atoms with Crippen LogP contribution in [0.2, 0.25) is 0 Å². The van der Waals surface area contributed by atoms with E-state index in [1.54, 1.807) is 0 Å². The van der Waals surface area contributed by atoms with Crippen molar-refractivity contribution in [3.8, 4) is 0 Å². The molecule has 0 bridgehead atoms. The molecule has 0 saturated carbocycles. The van der Waals surface area contributed by atoms with E-state index in [-0.39, 0.29) is 36.1 Å². The normalized spacial score (nSPS) is 18.8. The molecule has 1 unspecified atom stereocenters. The number of carbonyl (C=O) groups is 2.